The first-order valence-corrected chi connectivity index (χ1v) is 7.03. The molecule has 0 aliphatic carbocycles. The summed E-state index contributed by atoms with van der Waals surface area (Å²) in [7, 11) is 1.35. The zero-order valence-corrected chi connectivity index (χ0v) is 12.6. The smallest absolute Gasteiger partial charge is 0.323 e. The highest BCUT2D eigenvalue weighted by molar-refractivity contribution is 9.10. The molecular weight excluding hydrogens is 324 g/mol. The van der Waals surface area contributed by atoms with Crippen molar-refractivity contribution in [3.8, 4) is 6.07 Å². The van der Waals surface area contributed by atoms with Gasteiger partial charge in [0.1, 0.15) is 6.04 Å². The lowest BCUT2D eigenvalue weighted by atomic mass is 10.1. The number of ether oxygens (including phenoxy) is 1. The summed E-state index contributed by atoms with van der Waals surface area (Å²) in [6.07, 6.45) is -0.128. The van der Waals surface area contributed by atoms with E-state index >= 15 is 0 Å². The SMILES string of the molecule is COC(=O)C1CC(O)CN1Cc1ccc(C#N)cc1Br. The molecule has 6 heteroatoms. The summed E-state index contributed by atoms with van der Waals surface area (Å²) in [4.78, 5) is 13.6. The van der Waals surface area contributed by atoms with Gasteiger partial charge >= 0.3 is 5.97 Å². The first kappa shape index (κ1) is 15.0. The highest BCUT2D eigenvalue weighted by Gasteiger charge is 2.36. The van der Waals surface area contributed by atoms with Crippen LogP contribution in [-0.2, 0) is 16.1 Å². The van der Waals surface area contributed by atoms with Gasteiger partial charge in [0, 0.05) is 24.0 Å². The third-order valence-electron chi connectivity index (χ3n) is 3.41. The van der Waals surface area contributed by atoms with Crippen LogP contribution < -0.4 is 0 Å². The Morgan fingerprint density at radius 1 is 1.65 bits per heavy atom. The number of nitriles is 1. The second-order valence-electron chi connectivity index (χ2n) is 4.78. The van der Waals surface area contributed by atoms with Gasteiger partial charge in [-0.3, -0.25) is 9.69 Å². The van der Waals surface area contributed by atoms with E-state index in [1.807, 2.05) is 11.0 Å². The van der Waals surface area contributed by atoms with Gasteiger partial charge in [0.15, 0.2) is 0 Å². The molecule has 106 valence electrons. The molecule has 0 radical (unpaired) electrons. The van der Waals surface area contributed by atoms with Crippen LogP contribution in [0.2, 0.25) is 0 Å². The van der Waals surface area contributed by atoms with Gasteiger partial charge in [-0.2, -0.15) is 5.26 Å². The van der Waals surface area contributed by atoms with E-state index in [2.05, 4.69) is 22.0 Å². The van der Waals surface area contributed by atoms with E-state index in [4.69, 9.17) is 10.00 Å². The van der Waals surface area contributed by atoms with E-state index < -0.39 is 12.1 Å². The Morgan fingerprint density at radius 3 is 3.00 bits per heavy atom. The number of hydrogen-bond donors (Lipinski definition) is 1. The van der Waals surface area contributed by atoms with Crippen LogP contribution in [0.4, 0.5) is 0 Å². The number of aliphatic hydroxyl groups excluding tert-OH is 1. The Morgan fingerprint density at radius 2 is 2.40 bits per heavy atom. The topological polar surface area (TPSA) is 73.6 Å². The predicted octanol–water partition coefficient (Wildman–Crippen LogP) is 1.43. The molecule has 20 heavy (non-hydrogen) atoms. The molecule has 1 aliphatic rings. The fourth-order valence-electron chi connectivity index (χ4n) is 2.40. The molecular formula is C14H15BrN2O3. The molecule has 2 unspecified atom stereocenters. The van der Waals surface area contributed by atoms with Crippen molar-refractivity contribution < 1.29 is 14.6 Å². The number of hydrogen-bond acceptors (Lipinski definition) is 5. The van der Waals surface area contributed by atoms with Crippen LogP contribution in [0, 0.1) is 11.3 Å². The number of benzene rings is 1. The molecule has 1 fully saturated rings. The summed E-state index contributed by atoms with van der Waals surface area (Å²) < 4.78 is 5.59. The van der Waals surface area contributed by atoms with E-state index in [9.17, 15) is 9.90 Å². The first-order chi connectivity index (χ1) is 9.55. The number of β-amino-alcohol motifs (C(OH)–C–C–N with tert-alkyl or cyclic N) is 1. The average molecular weight is 339 g/mol. The molecule has 1 aliphatic heterocycles. The van der Waals surface area contributed by atoms with Crippen molar-refractivity contribution in [2.75, 3.05) is 13.7 Å². The summed E-state index contributed by atoms with van der Waals surface area (Å²) in [5.74, 6) is -0.327. The zero-order valence-electron chi connectivity index (χ0n) is 11.0. The molecule has 1 heterocycles. The third-order valence-corrected chi connectivity index (χ3v) is 4.15. The van der Waals surface area contributed by atoms with Crippen LogP contribution in [0.5, 0.6) is 0 Å². The minimum absolute atomic E-state index is 0.327. The number of esters is 1. The maximum absolute atomic E-state index is 11.7. The second-order valence-corrected chi connectivity index (χ2v) is 5.63. The molecule has 0 bridgehead atoms. The van der Waals surface area contributed by atoms with Gasteiger partial charge < -0.3 is 9.84 Å². The lowest BCUT2D eigenvalue weighted by Gasteiger charge is -2.22. The Kier molecular flexibility index (Phi) is 4.76. The van der Waals surface area contributed by atoms with Crippen LogP contribution >= 0.6 is 15.9 Å². The summed E-state index contributed by atoms with van der Waals surface area (Å²) in [6.45, 7) is 0.954. The monoisotopic (exact) mass is 338 g/mol. The minimum atomic E-state index is -0.517. The second kappa shape index (κ2) is 6.35. The van der Waals surface area contributed by atoms with Crippen molar-refractivity contribution in [2.24, 2.45) is 0 Å². The Bertz CT molecular complexity index is 556. The number of aliphatic hydroxyl groups is 1. The first-order valence-electron chi connectivity index (χ1n) is 6.23. The number of likely N-dealkylation sites (tertiary alicyclic amines) is 1. The Hall–Kier alpha value is -1.42. The molecule has 2 rings (SSSR count). The molecule has 1 saturated heterocycles. The summed E-state index contributed by atoms with van der Waals surface area (Å²) in [6, 6.07) is 6.98. The number of carbonyl (C=O) groups excluding carboxylic acids is 1. The standard InChI is InChI=1S/C14H15BrN2O3/c1-20-14(19)13-5-11(18)8-17(13)7-10-3-2-9(6-16)4-12(10)15/h2-4,11,13,18H,5,7-8H2,1H3. The normalized spacial score (nSPS) is 22.5. The van der Waals surface area contributed by atoms with Crippen LogP contribution in [0.15, 0.2) is 22.7 Å². The Balaban J connectivity index is 2.16. The highest BCUT2D eigenvalue weighted by Crippen LogP contribution is 2.25. The van der Waals surface area contributed by atoms with Gasteiger partial charge in [0.05, 0.1) is 24.8 Å². The number of halogens is 1. The van der Waals surface area contributed by atoms with Crippen LogP contribution in [0.25, 0.3) is 0 Å². The summed E-state index contributed by atoms with van der Waals surface area (Å²) in [5, 5.41) is 18.6. The van der Waals surface area contributed by atoms with Crippen LogP contribution in [-0.4, -0.2) is 41.8 Å². The molecule has 5 nitrogen and oxygen atoms in total. The van der Waals surface area contributed by atoms with E-state index in [0.29, 0.717) is 25.1 Å². The molecule has 0 amide bonds. The van der Waals surface area contributed by atoms with Crippen molar-refractivity contribution in [1.82, 2.24) is 4.90 Å². The number of nitrogens with zero attached hydrogens (tertiary/aromatic N) is 2. The molecule has 0 spiro atoms. The Labute approximate surface area is 125 Å². The number of methoxy groups -OCH3 is 1. The van der Waals surface area contributed by atoms with Gasteiger partial charge in [-0.15, -0.1) is 0 Å². The minimum Gasteiger partial charge on any atom is -0.468 e. The number of rotatable bonds is 3. The van der Waals surface area contributed by atoms with E-state index in [-0.39, 0.29) is 5.97 Å². The van der Waals surface area contributed by atoms with Crippen molar-refractivity contribution >= 4 is 21.9 Å². The fraction of sp³-hybridized carbons (Fsp3) is 0.429. The largest absolute Gasteiger partial charge is 0.468 e. The molecule has 1 aromatic rings. The number of carbonyl (C=O) groups is 1. The predicted molar refractivity (Wildman–Crippen MR) is 75.7 cm³/mol. The zero-order chi connectivity index (χ0) is 14.7. The van der Waals surface area contributed by atoms with Gasteiger partial charge in [-0.05, 0) is 17.7 Å². The third kappa shape index (κ3) is 3.18. The lowest BCUT2D eigenvalue weighted by Crippen LogP contribution is -2.36. The average Bonchev–Trinajstić information content (AvgIpc) is 2.81. The molecule has 1 aromatic carbocycles. The summed E-state index contributed by atoms with van der Waals surface area (Å²) >= 11 is 3.43. The van der Waals surface area contributed by atoms with Crippen LogP contribution in [0.1, 0.15) is 17.5 Å². The van der Waals surface area contributed by atoms with Crippen molar-refractivity contribution in [1.29, 1.82) is 5.26 Å². The fourth-order valence-corrected chi connectivity index (χ4v) is 2.90. The van der Waals surface area contributed by atoms with Crippen molar-refractivity contribution in [3.05, 3.63) is 33.8 Å². The lowest BCUT2D eigenvalue weighted by molar-refractivity contribution is -0.146. The van der Waals surface area contributed by atoms with Crippen LogP contribution in [0.3, 0.4) is 0 Å². The van der Waals surface area contributed by atoms with E-state index in [1.54, 1.807) is 12.1 Å². The molecule has 0 aromatic heterocycles. The van der Waals surface area contributed by atoms with Gasteiger partial charge in [0.25, 0.3) is 0 Å². The van der Waals surface area contributed by atoms with Crippen molar-refractivity contribution in [2.45, 2.75) is 25.1 Å². The highest BCUT2D eigenvalue weighted by atomic mass is 79.9. The molecule has 1 N–H and O–H groups in total. The van der Waals surface area contributed by atoms with Gasteiger partial charge in [-0.1, -0.05) is 22.0 Å². The maximum atomic E-state index is 11.7. The molecule has 2 atom stereocenters. The van der Waals surface area contributed by atoms with E-state index in [1.165, 1.54) is 7.11 Å². The van der Waals surface area contributed by atoms with Crippen molar-refractivity contribution in [3.63, 3.8) is 0 Å². The maximum Gasteiger partial charge on any atom is 0.323 e. The van der Waals surface area contributed by atoms with E-state index in [0.717, 1.165) is 10.0 Å². The molecule has 0 saturated carbocycles. The quantitative estimate of drug-likeness (QED) is 0.844. The van der Waals surface area contributed by atoms with Gasteiger partial charge in [-0.25, -0.2) is 0 Å². The van der Waals surface area contributed by atoms with Gasteiger partial charge in [0.2, 0.25) is 0 Å². The summed E-state index contributed by atoms with van der Waals surface area (Å²) in [5.41, 5.74) is 1.54.